The fraction of sp³-hybridized carbons (Fsp3) is 0.333. The Balaban J connectivity index is 2.35. The van der Waals surface area contributed by atoms with Gasteiger partial charge in [-0.25, -0.2) is 0 Å². The number of carbonyl (C=O) groups excluding carboxylic acids is 1. The second-order valence-corrected chi connectivity index (χ2v) is 5.04. The Bertz CT molecular complexity index is 451. The van der Waals surface area contributed by atoms with E-state index in [4.69, 9.17) is 16.7 Å². The molecule has 0 atom stereocenters. The SMILES string of the molecule is O=C(O)CCCCC(=O)Nc1ccc(Br)c(Cl)c1. The number of anilines is 1. The van der Waals surface area contributed by atoms with E-state index in [9.17, 15) is 9.59 Å². The number of nitrogens with one attached hydrogen (secondary N) is 1. The van der Waals surface area contributed by atoms with E-state index in [2.05, 4.69) is 21.2 Å². The highest BCUT2D eigenvalue weighted by Gasteiger charge is 2.05. The fourth-order valence-corrected chi connectivity index (χ4v) is 1.79. The van der Waals surface area contributed by atoms with Crippen molar-refractivity contribution < 1.29 is 14.7 Å². The van der Waals surface area contributed by atoms with E-state index in [1.54, 1.807) is 18.2 Å². The van der Waals surface area contributed by atoms with Crippen molar-refractivity contribution in [3.8, 4) is 0 Å². The van der Waals surface area contributed by atoms with Gasteiger partial charge in [0.25, 0.3) is 0 Å². The Morgan fingerprint density at radius 3 is 2.56 bits per heavy atom. The van der Waals surface area contributed by atoms with Gasteiger partial charge in [-0.3, -0.25) is 9.59 Å². The minimum atomic E-state index is -0.838. The van der Waals surface area contributed by atoms with Gasteiger partial charge >= 0.3 is 5.97 Å². The fourth-order valence-electron chi connectivity index (χ4n) is 1.36. The highest BCUT2D eigenvalue weighted by molar-refractivity contribution is 9.10. The first-order valence-corrected chi connectivity index (χ1v) is 6.63. The highest BCUT2D eigenvalue weighted by atomic mass is 79.9. The number of carbonyl (C=O) groups is 2. The highest BCUT2D eigenvalue weighted by Crippen LogP contribution is 2.25. The Morgan fingerprint density at radius 1 is 1.28 bits per heavy atom. The van der Waals surface area contributed by atoms with Gasteiger partial charge in [-0.05, 0) is 47.0 Å². The lowest BCUT2D eigenvalue weighted by Crippen LogP contribution is -2.11. The quantitative estimate of drug-likeness (QED) is 0.780. The van der Waals surface area contributed by atoms with Crippen molar-refractivity contribution in [3.05, 3.63) is 27.7 Å². The number of hydrogen-bond donors (Lipinski definition) is 2. The number of hydrogen-bond acceptors (Lipinski definition) is 2. The van der Waals surface area contributed by atoms with Crippen LogP contribution in [-0.2, 0) is 9.59 Å². The molecule has 0 radical (unpaired) electrons. The molecule has 98 valence electrons. The molecule has 1 rings (SSSR count). The third kappa shape index (κ3) is 5.51. The summed E-state index contributed by atoms with van der Waals surface area (Å²) in [5, 5.41) is 11.7. The molecule has 0 saturated heterocycles. The molecule has 6 heteroatoms. The predicted molar refractivity (Wildman–Crippen MR) is 73.9 cm³/mol. The third-order valence-corrected chi connectivity index (χ3v) is 3.48. The zero-order valence-corrected chi connectivity index (χ0v) is 11.9. The summed E-state index contributed by atoms with van der Waals surface area (Å²) in [6, 6.07) is 5.15. The van der Waals surface area contributed by atoms with Gasteiger partial charge in [0, 0.05) is 23.0 Å². The zero-order valence-electron chi connectivity index (χ0n) is 9.58. The average molecular weight is 335 g/mol. The average Bonchev–Trinajstić information content (AvgIpc) is 2.29. The molecule has 0 aliphatic rings. The molecule has 4 nitrogen and oxygen atoms in total. The minimum Gasteiger partial charge on any atom is -0.481 e. The van der Waals surface area contributed by atoms with Gasteiger partial charge < -0.3 is 10.4 Å². The molecule has 0 aromatic heterocycles. The van der Waals surface area contributed by atoms with E-state index in [1.165, 1.54) is 0 Å². The Hall–Kier alpha value is -1.07. The van der Waals surface area contributed by atoms with Crippen LogP contribution in [0.4, 0.5) is 5.69 Å². The summed E-state index contributed by atoms with van der Waals surface area (Å²) in [5.74, 6) is -0.978. The first kappa shape index (κ1) is 15.0. The molecule has 0 saturated carbocycles. The van der Waals surface area contributed by atoms with Crippen LogP contribution in [0.5, 0.6) is 0 Å². The van der Waals surface area contributed by atoms with Gasteiger partial charge in [0.1, 0.15) is 0 Å². The topological polar surface area (TPSA) is 66.4 Å². The van der Waals surface area contributed by atoms with Gasteiger partial charge in [-0.1, -0.05) is 11.6 Å². The minimum absolute atomic E-state index is 0.0946. The molecule has 1 aromatic rings. The van der Waals surface area contributed by atoms with Crippen LogP contribution < -0.4 is 5.32 Å². The summed E-state index contributed by atoms with van der Waals surface area (Å²) in [7, 11) is 0. The molecule has 0 heterocycles. The molecule has 2 N–H and O–H groups in total. The van der Waals surface area contributed by atoms with Crippen molar-refractivity contribution in [1.29, 1.82) is 0 Å². The van der Waals surface area contributed by atoms with Crippen LogP contribution in [0.3, 0.4) is 0 Å². The van der Waals surface area contributed by atoms with Gasteiger partial charge in [-0.2, -0.15) is 0 Å². The number of amides is 1. The zero-order chi connectivity index (χ0) is 13.5. The molecule has 0 spiro atoms. The molecule has 0 aliphatic heterocycles. The maximum atomic E-state index is 11.5. The van der Waals surface area contributed by atoms with Crippen LogP contribution in [-0.4, -0.2) is 17.0 Å². The van der Waals surface area contributed by atoms with Crippen molar-refractivity contribution in [2.45, 2.75) is 25.7 Å². The summed E-state index contributed by atoms with van der Waals surface area (Å²) < 4.78 is 0.767. The number of aliphatic carboxylic acids is 1. The number of carboxylic acids is 1. The van der Waals surface area contributed by atoms with Crippen molar-refractivity contribution >= 4 is 45.1 Å². The lowest BCUT2D eigenvalue weighted by Gasteiger charge is -2.06. The molecule has 0 bridgehead atoms. The number of rotatable bonds is 6. The van der Waals surface area contributed by atoms with Gasteiger partial charge in [0.05, 0.1) is 5.02 Å². The van der Waals surface area contributed by atoms with Crippen molar-refractivity contribution in [3.63, 3.8) is 0 Å². The molecular weight excluding hydrogens is 321 g/mol. The molecule has 1 amide bonds. The smallest absolute Gasteiger partial charge is 0.303 e. The molecule has 0 unspecified atom stereocenters. The van der Waals surface area contributed by atoms with Crippen LogP contribution >= 0.6 is 27.5 Å². The molecule has 0 fully saturated rings. The van der Waals surface area contributed by atoms with E-state index in [-0.39, 0.29) is 12.3 Å². The molecule has 0 aliphatic carbocycles. The summed E-state index contributed by atoms with van der Waals surface area (Å²) >= 11 is 9.16. The van der Waals surface area contributed by atoms with Crippen molar-refractivity contribution in [2.24, 2.45) is 0 Å². The Labute approximate surface area is 118 Å². The van der Waals surface area contributed by atoms with E-state index < -0.39 is 5.97 Å². The van der Waals surface area contributed by atoms with Crippen LogP contribution in [0.25, 0.3) is 0 Å². The van der Waals surface area contributed by atoms with Crippen LogP contribution in [0.1, 0.15) is 25.7 Å². The molecule has 18 heavy (non-hydrogen) atoms. The number of benzene rings is 1. The maximum absolute atomic E-state index is 11.5. The second kappa shape index (κ2) is 7.38. The normalized spacial score (nSPS) is 10.1. The number of carboxylic acid groups (broad SMARTS) is 1. The monoisotopic (exact) mass is 333 g/mol. The predicted octanol–water partition coefficient (Wildman–Crippen LogP) is 3.69. The Morgan fingerprint density at radius 2 is 1.94 bits per heavy atom. The van der Waals surface area contributed by atoms with Gasteiger partial charge in [0.15, 0.2) is 0 Å². The largest absolute Gasteiger partial charge is 0.481 e. The summed E-state index contributed by atoms with van der Waals surface area (Å²) in [4.78, 5) is 21.8. The van der Waals surface area contributed by atoms with Gasteiger partial charge in [-0.15, -0.1) is 0 Å². The summed E-state index contributed by atoms with van der Waals surface area (Å²) in [5.41, 5.74) is 0.631. The summed E-state index contributed by atoms with van der Waals surface area (Å²) in [6.07, 6.45) is 1.46. The number of halogens is 2. The van der Waals surface area contributed by atoms with E-state index in [0.717, 1.165) is 4.47 Å². The number of unbranched alkanes of at least 4 members (excludes halogenated alkanes) is 1. The lowest BCUT2D eigenvalue weighted by molar-refractivity contribution is -0.137. The summed E-state index contributed by atoms with van der Waals surface area (Å²) in [6.45, 7) is 0. The van der Waals surface area contributed by atoms with Crippen molar-refractivity contribution in [1.82, 2.24) is 0 Å². The van der Waals surface area contributed by atoms with Gasteiger partial charge in [0.2, 0.25) is 5.91 Å². The third-order valence-electron chi connectivity index (χ3n) is 2.25. The second-order valence-electron chi connectivity index (χ2n) is 3.78. The van der Waals surface area contributed by atoms with Crippen LogP contribution in [0.2, 0.25) is 5.02 Å². The maximum Gasteiger partial charge on any atom is 0.303 e. The van der Waals surface area contributed by atoms with E-state index in [1.807, 2.05) is 0 Å². The Kier molecular flexibility index (Phi) is 6.15. The van der Waals surface area contributed by atoms with Crippen LogP contribution in [0, 0.1) is 0 Å². The van der Waals surface area contributed by atoms with Crippen LogP contribution in [0.15, 0.2) is 22.7 Å². The van der Waals surface area contributed by atoms with E-state index >= 15 is 0 Å². The standard InChI is InChI=1S/C12H13BrClNO3/c13-9-6-5-8(7-10(9)14)15-11(16)3-1-2-4-12(17)18/h5-7H,1-4H2,(H,15,16)(H,17,18). The first-order chi connectivity index (χ1) is 8.49. The first-order valence-electron chi connectivity index (χ1n) is 5.45. The van der Waals surface area contributed by atoms with Crippen molar-refractivity contribution in [2.75, 3.05) is 5.32 Å². The molecular formula is C12H13BrClNO3. The van der Waals surface area contributed by atoms with E-state index in [0.29, 0.717) is 30.0 Å². The molecule has 1 aromatic carbocycles. The lowest BCUT2D eigenvalue weighted by atomic mass is 10.2.